The van der Waals surface area contributed by atoms with Crippen LogP contribution in [0.2, 0.25) is 0 Å². The molecule has 0 atom stereocenters. The zero-order chi connectivity index (χ0) is 24.4. The third-order valence-corrected chi connectivity index (χ3v) is 6.83. The second-order valence-corrected chi connectivity index (χ2v) is 9.80. The Balaban J connectivity index is 1.38. The lowest BCUT2D eigenvalue weighted by Crippen LogP contribution is -2.39. The Labute approximate surface area is 208 Å². The standard InChI is InChI=1S/C26H25N3O3S2/c1-16-5-10-21(13-17(16)2)27-24(30)15-32-22-11-8-20(9-12-22)14-23-25(31)29(26(33)34-23)28-18(3)6-7-19(28)4/h5-14H,15H2,1-4H3,(H,27,30)/b23-14-. The number of benzene rings is 2. The Morgan fingerprint density at radius 1 is 1.00 bits per heavy atom. The molecule has 1 aromatic heterocycles. The van der Waals surface area contributed by atoms with Crippen molar-refractivity contribution in [2.75, 3.05) is 16.9 Å². The lowest BCUT2D eigenvalue weighted by atomic mass is 10.1. The second-order valence-electron chi connectivity index (χ2n) is 8.13. The van der Waals surface area contributed by atoms with Crippen molar-refractivity contribution >= 4 is 51.9 Å². The molecule has 1 fully saturated rings. The molecule has 0 saturated carbocycles. The van der Waals surface area contributed by atoms with Crippen molar-refractivity contribution in [2.45, 2.75) is 27.7 Å². The first-order chi connectivity index (χ1) is 16.2. The summed E-state index contributed by atoms with van der Waals surface area (Å²) < 4.78 is 7.94. The van der Waals surface area contributed by atoms with E-state index in [-0.39, 0.29) is 18.4 Å². The second kappa shape index (κ2) is 9.87. The summed E-state index contributed by atoms with van der Waals surface area (Å²) in [6.45, 7) is 7.82. The van der Waals surface area contributed by atoms with E-state index < -0.39 is 0 Å². The van der Waals surface area contributed by atoms with Crippen molar-refractivity contribution in [3.63, 3.8) is 0 Å². The van der Waals surface area contributed by atoms with Gasteiger partial charge in [-0.15, -0.1) is 0 Å². The number of hydrogen-bond acceptors (Lipinski definition) is 5. The third-order valence-electron chi connectivity index (χ3n) is 5.55. The van der Waals surface area contributed by atoms with Gasteiger partial charge < -0.3 is 10.1 Å². The van der Waals surface area contributed by atoms with Gasteiger partial charge in [0, 0.05) is 17.1 Å². The van der Waals surface area contributed by atoms with E-state index in [0.717, 1.165) is 28.2 Å². The molecule has 1 N–H and O–H groups in total. The van der Waals surface area contributed by atoms with E-state index in [1.54, 1.807) is 12.1 Å². The molecule has 1 aliphatic rings. The van der Waals surface area contributed by atoms with E-state index in [9.17, 15) is 9.59 Å². The van der Waals surface area contributed by atoms with Crippen LogP contribution in [0.15, 0.2) is 59.5 Å². The number of hydrogen-bond donors (Lipinski definition) is 1. The summed E-state index contributed by atoms with van der Waals surface area (Å²) in [5.41, 5.74) is 5.76. The first kappa shape index (κ1) is 23.8. The van der Waals surface area contributed by atoms with Crippen LogP contribution in [-0.2, 0) is 9.59 Å². The van der Waals surface area contributed by atoms with Gasteiger partial charge in [-0.05, 0) is 99.1 Å². The van der Waals surface area contributed by atoms with Crippen LogP contribution in [0.1, 0.15) is 28.1 Å². The molecule has 34 heavy (non-hydrogen) atoms. The van der Waals surface area contributed by atoms with E-state index in [2.05, 4.69) is 5.32 Å². The van der Waals surface area contributed by atoms with Crippen LogP contribution in [0.4, 0.5) is 5.69 Å². The molecule has 0 aliphatic carbocycles. The van der Waals surface area contributed by atoms with Crippen LogP contribution >= 0.6 is 24.0 Å². The van der Waals surface area contributed by atoms with E-state index in [1.807, 2.05) is 80.9 Å². The van der Waals surface area contributed by atoms with E-state index in [1.165, 1.54) is 22.3 Å². The molecule has 2 heterocycles. The van der Waals surface area contributed by atoms with Gasteiger partial charge in [-0.3, -0.25) is 14.3 Å². The maximum Gasteiger partial charge on any atom is 0.285 e. The molecule has 6 nitrogen and oxygen atoms in total. The topological polar surface area (TPSA) is 63.6 Å². The maximum absolute atomic E-state index is 13.0. The molecule has 0 unspecified atom stereocenters. The number of ether oxygens (including phenoxy) is 1. The molecule has 1 aliphatic heterocycles. The highest BCUT2D eigenvalue weighted by molar-refractivity contribution is 8.27. The summed E-state index contributed by atoms with van der Waals surface area (Å²) in [7, 11) is 0. The quantitative estimate of drug-likeness (QED) is 0.376. The molecule has 4 rings (SSSR count). The molecule has 0 bridgehead atoms. The fourth-order valence-electron chi connectivity index (χ4n) is 3.58. The van der Waals surface area contributed by atoms with Crippen molar-refractivity contribution < 1.29 is 14.3 Å². The Bertz CT molecular complexity index is 1290. The average molecular weight is 492 g/mol. The molecular weight excluding hydrogens is 466 g/mol. The first-order valence-electron chi connectivity index (χ1n) is 10.8. The minimum Gasteiger partial charge on any atom is -0.484 e. The number of aromatic nitrogens is 1. The predicted octanol–water partition coefficient (Wildman–Crippen LogP) is 5.28. The monoisotopic (exact) mass is 491 g/mol. The first-order valence-corrected chi connectivity index (χ1v) is 12.0. The van der Waals surface area contributed by atoms with Crippen LogP contribution in [-0.4, -0.2) is 27.4 Å². The largest absolute Gasteiger partial charge is 0.484 e. The van der Waals surface area contributed by atoms with Crippen LogP contribution in [0, 0.1) is 27.7 Å². The van der Waals surface area contributed by atoms with E-state index in [4.69, 9.17) is 17.0 Å². The lowest BCUT2D eigenvalue weighted by molar-refractivity contribution is -0.118. The number of amides is 2. The van der Waals surface area contributed by atoms with Gasteiger partial charge in [0.05, 0.1) is 4.91 Å². The summed E-state index contributed by atoms with van der Waals surface area (Å²) in [4.78, 5) is 25.8. The van der Waals surface area contributed by atoms with Crippen LogP contribution < -0.4 is 15.1 Å². The molecule has 0 spiro atoms. The van der Waals surface area contributed by atoms with Gasteiger partial charge in [0.2, 0.25) is 0 Å². The summed E-state index contributed by atoms with van der Waals surface area (Å²) in [6.07, 6.45) is 1.81. The number of thiocarbonyl (C=S) groups is 1. The van der Waals surface area contributed by atoms with Gasteiger partial charge >= 0.3 is 0 Å². The smallest absolute Gasteiger partial charge is 0.285 e. The number of carbonyl (C=O) groups is 2. The molecular formula is C26H25N3O3S2. The highest BCUT2D eigenvalue weighted by Crippen LogP contribution is 2.33. The molecule has 8 heteroatoms. The summed E-state index contributed by atoms with van der Waals surface area (Å²) in [5.74, 6) is 0.186. The van der Waals surface area contributed by atoms with E-state index in [0.29, 0.717) is 15.0 Å². The lowest BCUT2D eigenvalue weighted by Gasteiger charge is -2.20. The number of thioether (sulfide) groups is 1. The highest BCUT2D eigenvalue weighted by Gasteiger charge is 2.34. The number of anilines is 1. The zero-order valence-corrected chi connectivity index (χ0v) is 21.0. The summed E-state index contributed by atoms with van der Waals surface area (Å²) in [6, 6.07) is 16.9. The van der Waals surface area contributed by atoms with Gasteiger partial charge in [-0.2, -0.15) is 5.01 Å². The fraction of sp³-hybridized carbons (Fsp3) is 0.192. The van der Waals surface area contributed by atoms with Crippen molar-refractivity contribution in [3.8, 4) is 5.75 Å². The zero-order valence-electron chi connectivity index (χ0n) is 19.4. The van der Waals surface area contributed by atoms with Crippen molar-refractivity contribution in [1.29, 1.82) is 0 Å². The Morgan fingerprint density at radius 3 is 2.32 bits per heavy atom. The number of nitrogens with zero attached hydrogens (tertiary/aromatic N) is 2. The average Bonchev–Trinajstić information content (AvgIpc) is 3.27. The van der Waals surface area contributed by atoms with Gasteiger partial charge in [0.1, 0.15) is 5.75 Å². The van der Waals surface area contributed by atoms with Gasteiger partial charge in [0.25, 0.3) is 11.8 Å². The van der Waals surface area contributed by atoms with Gasteiger partial charge in [-0.1, -0.05) is 30.0 Å². The number of aryl methyl sites for hydroxylation is 4. The number of nitrogens with one attached hydrogen (secondary N) is 1. The SMILES string of the molecule is Cc1ccc(NC(=O)COc2ccc(/C=C3\SC(=S)N(n4c(C)ccc4C)C3=O)cc2)cc1C. The van der Waals surface area contributed by atoms with Crippen molar-refractivity contribution in [3.05, 3.63) is 87.6 Å². The van der Waals surface area contributed by atoms with Gasteiger partial charge in [0.15, 0.2) is 10.9 Å². The Kier molecular flexibility index (Phi) is 6.90. The van der Waals surface area contributed by atoms with Crippen LogP contribution in [0.3, 0.4) is 0 Å². The minimum absolute atomic E-state index is 0.0967. The number of carbonyl (C=O) groups excluding carboxylic acids is 2. The summed E-state index contributed by atoms with van der Waals surface area (Å²) in [5, 5.41) is 4.37. The van der Waals surface area contributed by atoms with Crippen molar-refractivity contribution in [1.82, 2.24) is 4.68 Å². The number of rotatable bonds is 6. The Morgan fingerprint density at radius 2 is 1.68 bits per heavy atom. The molecule has 2 aromatic carbocycles. The normalized spacial score (nSPS) is 14.7. The van der Waals surface area contributed by atoms with Gasteiger partial charge in [-0.25, -0.2) is 0 Å². The minimum atomic E-state index is -0.230. The molecule has 0 radical (unpaired) electrons. The summed E-state index contributed by atoms with van der Waals surface area (Å²) >= 11 is 6.74. The highest BCUT2D eigenvalue weighted by atomic mass is 32.2. The molecule has 3 aromatic rings. The van der Waals surface area contributed by atoms with E-state index >= 15 is 0 Å². The fourth-order valence-corrected chi connectivity index (χ4v) is 4.83. The molecule has 2 amide bonds. The van der Waals surface area contributed by atoms with Crippen LogP contribution in [0.25, 0.3) is 6.08 Å². The van der Waals surface area contributed by atoms with Crippen LogP contribution in [0.5, 0.6) is 5.75 Å². The third kappa shape index (κ3) is 5.08. The predicted molar refractivity (Wildman–Crippen MR) is 142 cm³/mol. The Hall–Kier alpha value is -3.36. The van der Waals surface area contributed by atoms with Crippen molar-refractivity contribution in [2.24, 2.45) is 0 Å². The maximum atomic E-state index is 13.0. The molecule has 1 saturated heterocycles. The molecule has 174 valence electrons.